The Bertz CT molecular complexity index is 888. The number of aromatic nitrogens is 4. The van der Waals surface area contributed by atoms with E-state index in [-0.39, 0.29) is 5.88 Å². The van der Waals surface area contributed by atoms with E-state index in [4.69, 9.17) is 4.74 Å². The molecule has 1 amide bonds. The maximum Gasteiger partial charge on any atom is 0.418 e. The SMILES string of the molecule is Cc1cc(NC(=O)Oc2nc(C)sc2NCc2cncn2C)ccn1. The number of aryl methyl sites for hydroxylation is 3. The Morgan fingerprint density at radius 3 is 2.96 bits per heavy atom. The molecule has 3 aromatic rings. The molecule has 2 N–H and O–H groups in total. The predicted octanol–water partition coefficient (Wildman–Crippen LogP) is 3.11. The largest absolute Gasteiger partial charge is 0.418 e. The van der Waals surface area contributed by atoms with Gasteiger partial charge in [-0.2, -0.15) is 0 Å². The highest BCUT2D eigenvalue weighted by Gasteiger charge is 2.15. The topological polar surface area (TPSA) is 94.0 Å². The second kappa shape index (κ2) is 7.31. The third kappa shape index (κ3) is 4.32. The smallest absolute Gasteiger partial charge is 0.388 e. The minimum Gasteiger partial charge on any atom is -0.388 e. The normalized spacial score (nSPS) is 10.5. The van der Waals surface area contributed by atoms with Gasteiger partial charge in [-0.25, -0.2) is 14.8 Å². The number of carbonyl (C=O) groups excluding carboxylic acids is 1. The van der Waals surface area contributed by atoms with Crippen LogP contribution in [0.3, 0.4) is 0 Å². The Kier molecular flexibility index (Phi) is 4.94. The van der Waals surface area contributed by atoms with Crippen LogP contribution in [0, 0.1) is 13.8 Å². The van der Waals surface area contributed by atoms with Crippen LogP contribution in [0.25, 0.3) is 0 Å². The van der Waals surface area contributed by atoms with Gasteiger partial charge in [0.25, 0.3) is 5.88 Å². The van der Waals surface area contributed by atoms with Gasteiger partial charge in [-0.15, -0.1) is 0 Å². The zero-order chi connectivity index (χ0) is 17.8. The van der Waals surface area contributed by atoms with Crippen molar-refractivity contribution in [2.24, 2.45) is 7.05 Å². The van der Waals surface area contributed by atoms with Crippen molar-refractivity contribution in [3.63, 3.8) is 0 Å². The van der Waals surface area contributed by atoms with E-state index < -0.39 is 6.09 Å². The Morgan fingerprint density at radius 1 is 1.40 bits per heavy atom. The molecular formula is C16H18N6O2S. The van der Waals surface area contributed by atoms with E-state index in [2.05, 4.69) is 25.6 Å². The van der Waals surface area contributed by atoms with Gasteiger partial charge in [0.15, 0.2) is 5.00 Å². The van der Waals surface area contributed by atoms with Crippen LogP contribution in [0.4, 0.5) is 15.5 Å². The molecule has 0 aliphatic carbocycles. The van der Waals surface area contributed by atoms with Gasteiger partial charge in [0.1, 0.15) is 0 Å². The van der Waals surface area contributed by atoms with Crippen LogP contribution in [0.15, 0.2) is 30.9 Å². The summed E-state index contributed by atoms with van der Waals surface area (Å²) in [6.45, 7) is 4.26. The quantitative estimate of drug-likeness (QED) is 0.728. The number of nitrogens with zero attached hydrogens (tertiary/aromatic N) is 4. The van der Waals surface area contributed by atoms with E-state index in [1.54, 1.807) is 30.9 Å². The molecule has 9 heteroatoms. The van der Waals surface area contributed by atoms with Crippen LogP contribution in [0.2, 0.25) is 0 Å². The zero-order valence-corrected chi connectivity index (χ0v) is 14.9. The Hall–Kier alpha value is -2.94. The van der Waals surface area contributed by atoms with Crippen molar-refractivity contribution in [2.45, 2.75) is 20.4 Å². The molecule has 0 aromatic carbocycles. The van der Waals surface area contributed by atoms with Gasteiger partial charge in [-0.05, 0) is 26.0 Å². The summed E-state index contributed by atoms with van der Waals surface area (Å²) in [7, 11) is 1.92. The van der Waals surface area contributed by atoms with Crippen molar-refractivity contribution < 1.29 is 9.53 Å². The lowest BCUT2D eigenvalue weighted by Crippen LogP contribution is -2.17. The van der Waals surface area contributed by atoms with E-state index in [1.165, 1.54) is 11.3 Å². The van der Waals surface area contributed by atoms with Crippen LogP contribution in [0.5, 0.6) is 5.88 Å². The van der Waals surface area contributed by atoms with Gasteiger partial charge in [0.2, 0.25) is 0 Å². The lowest BCUT2D eigenvalue weighted by Gasteiger charge is -2.08. The minimum atomic E-state index is -0.598. The Morgan fingerprint density at radius 2 is 2.24 bits per heavy atom. The second-order valence-corrected chi connectivity index (χ2v) is 6.62. The Labute approximate surface area is 148 Å². The van der Waals surface area contributed by atoms with Crippen LogP contribution >= 0.6 is 11.3 Å². The molecule has 0 aliphatic rings. The third-order valence-corrected chi connectivity index (χ3v) is 4.29. The van der Waals surface area contributed by atoms with E-state index in [9.17, 15) is 4.79 Å². The summed E-state index contributed by atoms with van der Waals surface area (Å²) < 4.78 is 7.27. The lowest BCUT2D eigenvalue weighted by molar-refractivity contribution is 0.214. The number of imidazole rings is 1. The van der Waals surface area contributed by atoms with Crippen molar-refractivity contribution in [2.75, 3.05) is 10.6 Å². The summed E-state index contributed by atoms with van der Waals surface area (Å²) in [6, 6.07) is 3.46. The van der Waals surface area contributed by atoms with Crippen molar-refractivity contribution in [3.05, 3.63) is 47.2 Å². The minimum absolute atomic E-state index is 0.257. The highest BCUT2D eigenvalue weighted by atomic mass is 32.1. The molecule has 130 valence electrons. The number of carbonyl (C=O) groups is 1. The Balaban J connectivity index is 1.66. The molecule has 3 aromatic heterocycles. The number of hydrogen-bond donors (Lipinski definition) is 2. The van der Waals surface area contributed by atoms with Crippen molar-refractivity contribution in [1.82, 2.24) is 19.5 Å². The maximum absolute atomic E-state index is 12.1. The first kappa shape index (κ1) is 16.9. The number of nitrogens with one attached hydrogen (secondary N) is 2. The predicted molar refractivity (Wildman–Crippen MR) is 96.0 cm³/mol. The van der Waals surface area contributed by atoms with E-state index in [1.807, 2.05) is 25.5 Å². The number of pyridine rings is 1. The van der Waals surface area contributed by atoms with E-state index in [0.717, 1.165) is 16.4 Å². The van der Waals surface area contributed by atoms with Gasteiger partial charge in [-0.3, -0.25) is 10.3 Å². The molecule has 0 aliphatic heterocycles. The molecule has 8 nitrogen and oxygen atoms in total. The summed E-state index contributed by atoms with van der Waals surface area (Å²) in [5.41, 5.74) is 2.43. The molecule has 0 atom stereocenters. The number of anilines is 2. The summed E-state index contributed by atoms with van der Waals surface area (Å²) in [4.78, 5) is 24.5. The number of ether oxygens (including phenoxy) is 1. The van der Waals surface area contributed by atoms with Gasteiger partial charge < -0.3 is 14.6 Å². The summed E-state index contributed by atoms with van der Waals surface area (Å²) in [6.07, 6.45) is 4.54. The fraction of sp³-hybridized carbons (Fsp3) is 0.250. The van der Waals surface area contributed by atoms with Crippen molar-refractivity contribution >= 4 is 28.1 Å². The van der Waals surface area contributed by atoms with Gasteiger partial charge >= 0.3 is 6.09 Å². The molecule has 0 unspecified atom stereocenters. The monoisotopic (exact) mass is 358 g/mol. The number of amides is 1. The van der Waals surface area contributed by atoms with E-state index >= 15 is 0 Å². The van der Waals surface area contributed by atoms with Crippen LogP contribution in [0.1, 0.15) is 16.4 Å². The van der Waals surface area contributed by atoms with E-state index in [0.29, 0.717) is 17.2 Å². The van der Waals surface area contributed by atoms with Crippen LogP contribution in [-0.4, -0.2) is 25.6 Å². The number of hydrogen-bond acceptors (Lipinski definition) is 7. The molecule has 25 heavy (non-hydrogen) atoms. The average Bonchev–Trinajstić information content (AvgIpc) is 3.10. The molecule has 0 radical (unpaired) electrons. The highest BCUT2D eigenvalue weighted by Crippen LogP contribution is 2.31. The fourth-order valence-electron chi connectivity index (χ4n) is 2.17. The summed E-state index contributed by atoms with van der Waals surface area (Å²) in [5.74, 6) is 0.257. The fourth-order valence-corrected chi connectivity index (χ4v) is 2.91. The standard InChI is InChI=1S/C16H18N6O2S/c1-10-6-12(4-5-18-10)21-16(23)24-14-15(25-11(2)20-14)19-8-13-7-17-9-22(13)3/h4-7,9,19H,8H2,1-3H3,(H,18,21,23). The first-order chi connectivity index (χ1) is 12.0. The maximum atomic E-state index is 12.1. The second-order valence-electron chi connectivity index (χ2n) is 5.42. The molecule has 0 saturated carbocycles. The van der Waals surface area contributed by atoms with Gasteiger partial charge in [0, 0.05) is 30.8 Å². The zero-order valence-electron chi connectivity index (χ0n) is 14.1. The molecule has 0 bridgehead atoms. The third-order valence-electron chi connectivity index (χ3n) is 3.38. The number of thiazole rings is 1. The van der Waals surface area contributed by atoms with Crippen LogP contribution in [-0.2, 0) is 13.6 Å². The molecule has 0 spiro atoms. The molecular weight excluding hydrogens is 340 g/mol. The van der Waals surface area contributed by atoms with Crippen LogP contribution < -0.4 is 15.4 Å². The van der Waals surface area contributed by atoms with Crippen molar-refractivity contribution in [1.29, 1.82) is 0 Å². The molecule has 0 saturated heterocycles. The lowest BCUT2D eigenvalue weighted by atomic mass is 10.3. The summed E-state index contributed by atoms with van der Waals surface area (Å²) in [5, 5.41) is 7.40. The van der Waals surface area contributed by atoms with Crippen molar-refractivity contribution in [3.8, 4) is 5.88 Å². The first-order valence-electron chi connectivity index (χ1n) is 7.59. The summed E-state index contributed by atoms with van der Waals surface area (Å²) >= 11 is 1.43. The van der Waals surface area contributed by atoms with Gasteiger partial charge in [-0.1, -0.05) is 11.3 Å². The highest BCUT2D eigenvalue weighted by molar-refractivity contribution is 7.16. The number of rotatable bonds is 5. The average molecular weight is 358 g/mol. The molecule has 0 fully saturated rings. The molecule has 3 heterocycles. The molecule has 3 rings (SSSR count). The van der Waals surface area contributed by atoms with Gasteiger partial charge in [0.05, 0.1) is 23.6 Å². The first-order valence-corrected chi connectivity index (χ1v) is 8.41.